The molecule has 1 aromatic carbocycles. The van der Waals surface area contributed by atoms with Gasteiger partial charge in [-0.1, -0.05) is 18.2 Å². The van der Waals surface area contributed by atoms with Gasteiger partial charge in [0.15, 0.2) is 11.5 Å². The largest absolute Gasteiger partial charge is 0.364 e. The monoisotopic (exact) mass is 675 g/mol. The van der Waals surface area contributed by atoms with Crippen molar-refractivity contribution in [3.05, 3.63) is 71.4 Å². The summed E-state index contributed by atoms with van der Waals surface area (Å²) in [4.78, 5) is 49.2. The minimum Gasteiger partial charge on any atom is -0.364 e. The average Bonchev–Trinajstić information content (AvgIpc) is 4.05. The van der Waals surface area contributed by atoms with Gasteiger partial charge in [-0.25, -0.2) is 4.98 Å². The van der Waals surface area contributed by atoms with Crippen molar-refractivity contribution in [1.82, 2.24) is 40.1 Å². The lowest BCUT2D eigenvalue weighted by atomic mass is 9.93. The number of carbonyl (C=O) groups is 3. The minimum absolute atomic E-state index is 0.00561. The first-order valence-electron chi connectivity index (χ1n) is 17.3. The molecular formula is C36H41N11O3. The van der Waals surface area contributed by atoms with Crippen LogP contribution in [0.2, 0.25) is 0 Å². The molecule has 3 N–H and O–H groups in total. The Kier molecular flexibility index (Phi) is 7.97. The molecule has 2 saturated carbocycles. The first kappa shape index (κ1) is 31.9. The average molecular weight is 676 g/mol. The van der Waals surface area contributed by atoms with Crippen LogP contribution in [0.1, 0.15) is 77.1 Å². The van der Waals surface area contributed by atoms with E-state index in [0.717, 1.165) is 72.7 Å². The Labute approximate surface area is 290 Å². The summed E-state index contributed by atoms with van der Waals surface area (Å²) in [5, 5.41) is 22.1. The highest BCUT2D eigenvalue weighted by atomic mass is 16.2. The number of hydrogen-bond donors (Lipinski definition) is 3. The fourth-order valence-corrected chi connectivity index (χ4v) is 7.01. The quantitative estimate of drug-likeness (QED) is 0.225. The van der Waals surface area contributed by atoms with Gasteiger partial charge in [0.05, 0.1) is 46.7 Å². The number of nitrogens with one attached hydrogen (secondary N) is 3. The van der Waals surface area contributed by atoms with Crippen molar-refractivity contribution < 1.29 is 14.4 Å². The Bertz CT molecular complexity index is 2000. The molecule has 3 aromatic heterocycles. The number of benzene rings is 1. The number of para-hydroxylation sites is 1. The molecule has 2 aliphatic heterocycles. The summed E-state index contributed by atoms with van der Waals surface area (Å²) < 4.78 is 2.17. The van der Waals surface area contributed by atoms with E-state index in [4.69, 9.17) is 10.1 Å². The number of fused-ring (bicyclic) bond motifs is 3. The Morgan fingerprint density at radius 2 is 1.76 bits per heavy atom. The van der Waals surface area contributed by atoms with Gasteiger partial charge in [0.25, 0.3) is 11.8 Å². The van der Waals surface area contributed by atoms with Crippen molar-refractivity contribution in [2.24, 2.45) is 5.92 Å². The summed E-state index contributed by atoms with van der Waals surface area (Å²) in [6.45, 7) is 4.51. The van der Waals surface area contributed by atoms with Crippen LogP contribution >= 0.6 is 0 Å². The van der Waals surface area contributed by atoms with Crippen LogP contribution in [0.15, 0.2) is 48.7 Å². The molecule has 8 rings (SSSR count). The molecule has 0 radical (unpaired) electrons. The fourth-order valence-electron chi connectivity index (χ4n) is 7.01. The third-order valence-electron chi connectivity index (χ3n) is 10.3. The molecule has 1 atom stereocenters. The molecule has 5 heterocycles. The lowest BCUT2D eigenvalue weighted by molar-refractivity contribution is -0.117. The van der Waals surface area contributed by atoms with Crippen LogP contribution in [-0.2, 0) is 11.3 Å². The third kappa shape index (κ3) is 5.82. The lowest BCUT2D eigenvalue weighted by Crippen LogP contribution is -2.48. The smallest absolute Gasteiger partial charge is 0.273 e. The van der Waals surface area contributed by atoms with E-state index in [1.807, 2.05) is 42.4 Å². The van der Waals surface area contributed by atoms with Crippen molar-refractivity contribution in [2.45, 2.75) is 57.3 Å². The maximum atomic E-state index is 12.9. The van der Waals surface area contributed by atoms with E-state index in [1.165, 1.54) is 0 Å². The van der Waals surface area contributed by atoms with E-state index in [0.29, 0.717) is 29.8 Å². The number of nitrogens with zero attached hydrogens (tertiary/aromatic N) is 8. The zero-order valence-corrected chi connectivity index (χ0v) is 28.7. The van der Waals surface area contributed by atoms with Crippen LogP contribution in [0.5, 0.6) is 0 Å². The standard InChI is InChI=1S/C36H41N11O3/c1-20-32-26(16-38-47(32)24-18-46(19-24)17-22-7-5-10-28(39-22)36(50)45(4)23-13-14-23)25-8-6-9-27(33(25)44(20)3)40-29-15-30(41-34(48)21-11-12-21)42-43-31(29)35(49)37-2/h5-10,15-16,20-21,23-24H,11-14,17-19H2,1-4H3,(H,37,49)(H2,40,41,42,48). The van der Waals surface area contributed by atoms with Gasteiger partial charge in [-0.3, -0.25) is 24.0 Å². The number of hydrogen-bond acceptors (Lipinski definition) is 10. The van der Waals surface area contributed by atoms with E-state index < -0.39 is 0 Å². The SMILES string of the molecule is CNC(=O)c1nnc(NC(=O)C2CC2)cc1Nc1cccc2c1N(C)C(C)c1c-2cnn1C1CN(Cc2cccc(C(=O)N(C)C3CC3)n2)C1. The summed E-state index contributed by atoms with van der Waals surface area (Å²) in [6, 6.07) is 14.0. The molecule has 14 heteroatoms. The van der Waals surface area contributed by atoms with E-state index in [2.05, 4.69) is 60.7 Å². The lowest BCUT2D eigenvalue weighted by Gasteiger charge is -2.42. The number of likely N-dealkylation sites (tertiary alicyclic amines) is 1. The van der Waals surface area contributed by atoms with E-state index in [-0.39, 0.29) is 41.4 Å². The molecule has 2 aliphatic carbocycles. The van der Waals surface area contributed by atoms with Crippen molar-refractivity contribution in [3.63, 3.8) is 0 Å². The van der Waals surface area contributed by atoms with Gasteiger partial charge in [-0.05, 0) is 50.8 Å². The van der Waals surface area contributed by atoms with Gasteiger partial charge in [0.2, 0.25) is 5.91 Å². The van der Waals surface area contributed by atoms with E-state index in [9.17, 15) is 14.4 Å². The molecule has 0 spiro atoms. The second-order valence-electron chi connectivity index (χ2n) is 13.8. The Balaban J connectivity index is 1.01. The predicted octanol–water partition coefficient (Wildman–Crippen LogP) is 3.99. The van der Waals surface area contributed by atoms with Gasteiger partial charge in [0.1, 0.15) is 5.69 Å². The molecule has 1 unspecified atom stereocenters. The number of anilines is 4. The highest BCUT2D eigenvalue weighted by Crippen LogP contribution is 2.49. The van der Waals surface area contributed by atoms with Crippen LogP contribution in [0.3, 0.4) is 0 Å². The minimum atomic E-state index is -0.386. The molecule has 3 amide bonds. The Morgan fingerprint density at radius 1 is 0.980 bits per heavy atom. The first-order chi connectivity index (χ1) is 24.2. The van der Waals surface area contributed by atoms with Gasteiger partial charge in [0, 0.05) is 69.9 Å². The summed E-state index contributed by atoms with van der Waals surface area (Å²) in [5.74, 6) is -0.187. The molecule has 1 saturated heterocycles. The van der Waals surface area contributed by atoms with Gasteiger partial charge in [-0.15, -0.1) is 10.2 Å². The van der Waals surface area contributed by atoms with Gasteiger partial charge in [-0.2, -0.15) is 5.10 Å². The highest BCUT2D eigenvalue weighted by Gasteiger charge is 2.38. The number of rotatable bonds is 10. The van der Waals surface area contributed by atoms with Crippen molar-refractivity contribution >= 4 is 40.6 Å². The number of carbonyl (C=O) groups excluding carboxylic acids is 3. The number of amides is 3. The number of pyridine rings is 1. The summed E-state index contributed by atoms with van der Waals surface area (Å²) in [5.41, 5.74) is 6.97. The van der Waals surface area contributed by atoms with Crippen LogP contribution in [0.25, 0.3) is 11.1 Å². The Morgan fingerprint density at radius 3 is 2.50 bits per heavy atom. The van der Waals surface area contributed by atoms with Crippen LogP contribution < -0.4 is 20.9 Å². The van der Waals surface area contributed by atoms with Crippen molar-refractivity contribution in [2.75, 3.05) is 49.8 Å². The topological polar surface area (TPSA) is 154 Å². The molecule has 4 aliphatic rings. The molecule has 0 bridgehead atoms. The molecule has 4 aromatic rings. The fraction of sp³-hybridized carbons (Fsp3) is 0.417. The highest BCUT2D eigenvalue weighted by molar-refractivity contribution is 6.01. The zero-order chi connectivity index (χ0) is 34.7. The third-order valence-corrected chi connectivity index (χ3v) is 10.3. The van der Waals surface area contributed by atoms with Crippen molar-refractivity contribution in [1.29, 1.82) is 0 Å². The van der Waals surface area contributed by atoms with Gasteiger partial charge < -0.3 is 25.8 Å². The summed E-state index contributed by atoms with van der Waals surface area (Å²) >= 11 is 0. The summed E-state index contributed by atoms with van der Waals surface area (Å²) in [6.07, 6.45) is 5.82. The van der Waals surface area contributed by atoms with Crippen LogP contribution in [0, 0.1) is 5.92 Å². The molecule has 258 valence electrons. The van der Waals surface area contributed by atoms with E-state index >= 15 is 0 Å². The maximum absolute atomic E-state index is 12.9. The molecular weight excluding hydrogens is 634 g/mol. The summed E-state index contributed by atoms with van der Waals surface area (Å²) in [7, 11) is 5.47. The maximum Gasteiger partial charge on any atom is 0.273 e. The van der Waals surface area contributed by atoms with Crippen LogP contribution in [-0.4, -0.2) is 92.8 Å². The normalized spacial score (nSPS) is 18.5. The second-order valence-corrected chi connectivity index (χ2v) is 13.8. The van der Waals surface area contributed by atoms with Crippen LogP contribution in [0.4, 0.5) is 22.9 Å². The Hall–Kier alpha value is -5.37. The predicted molar refractivity (Wildman–Crippen MR) is 188 cm³/mol. The van der Waals surface area contributed by atoms with E-state index in [1.54, 1.807) is 19.2 Å². The van der Waals surface area contributed by atoms with Crippen molar-refractivity contribution in [3.8, 4) is 11.1 Å². The van der Waals surface area contributed by atoms with Gasteiger partial charge >= 0.3 is 0 Å². The molecule has 50 heavy (non-hydrogen) atoms. The number of aromatic nitrogens is 5. The zero-order valence-electron chi connectivity index (χ0n) is 28.7. The molecule has 3 fully saturated rings. The first-order valence-corrected chi connectivity index (χ1v) is 17.3. The second kappa shape index (κ2) is 12.5. The molecule has 14 nitrogen and oxygen atoms in total.